The minimum absolute atomic E-state index is 0.310. The minimum atomic E-state index is -0.736. The van der Waals surface area contributed by atoms with Crippen LogP contribution in [0.3, 0.4) is 0 Å². The SMILES string of the molecule is CCOC(=O)C(CC)OC#N. The van der Waals surface area contributed by atoms with Crippen molar-refractivity contribution in [2.75, 3.05) is 6.61 Å². The molecule has 4 nitrogen and oxygen atoms in total. The average Bonchev–Trinajstić information content (AvgIpc) is 2.00. The molecule has 62 valence electrons. The number of nitrogens with zero attached hydrogens (tertiary/aromatic N) is 1. The number of nitriles is 1. The molecular formula is C7H11NO3. The van der Waals surface area contributed by atoms with Crippen molar-refractivity contribution in [3.05, 3.63) is 0 Å². The van der Waals surface area contributed by atoms with E-state index in [1.165, 1.54) is 6.26 Å². The van der Waals surface area contributed by atoms with E-state index in [9.17, 15) is 4.79 Å². The summed E-state index contributed by atoms with van der Waals surface area (Å²) in [4.78, 5) is 10.9. The summed E-state index contributed by atoms with van der Waals surface area (Å²) in [5.41, 5.74) is 0. The van der Waals surface area contributed by atoms with Gasteiger partial charge in [-0.3, -0.25) is 0 Å². The van der Waals surface area contributed by atoms with Gasteiger partial charge in [0, 0.05) is 0 Å². The highest BCUT2D eigenvalue weighted by Gasteiger charge is 2.18. The van der Waals surface area contributed by atoms with Gasteiger partial charge in [-0.1, -0.05) is 6.92 Å². The Morgan fingerprint density at radius 2 is 2.27 bits per heavy atom. The number of carbonyl (C=O) groups excluding carboxylic acids is 1. The fraction of sp³-hybridized carbons (Fsp3) is 0.714. The summed E-state index contributed by atoms with van der Waals surface area (Å²) in [6, 6.07) is 0. The number of rotatable bonds is 4. The normalized spacial score (nSPS) is 11.4. The van der Waals surface area contributed by atoms with Crippen molar-refractivity contribution in [3.63, 3.8) is 0 Å². The zero-order chi connectivity index (χ0) is 8.69. The zero-order valence-electron chi connectivity index (χ0n) is 6.66. The molecule has 4 heteroatoms. The van der Waals surface area contributed by atoms with Crippen LogP contribution in [-0.2, 0) is 14.3 Å². The van der Waals surface area contributed by atoms with Gasteiger partial charge in [0.25, 0.3) is 6.26 Å². The Morgan fingerprint density at radius 1 is 1.64 bits per heavy atom. The molecule has 0 amide bonds. The Kier molecular flexibility index (Phi) is 4.91. The molecule has 1 atom stereocenters. The van der Waals surface area contributed by atoms with Crippen molar-refractivity contribution in [1.29, 1.82) is 5.26 Å². The van der Waals surface area contributed by atoms with Crippen LogP contribution in [0.5, 0.6) is 0 Å². The smallest absolute Gasteiger partial charge is 0.348 e. The third kappa shape index (κ3) is 3.46. The largest absolute Gasteiger partial charge is 0.463 e. The van der Waals surface area contributed by atoms with Gasteiger partial charge in [-0.25, -0.2) is 4.79 Å². The second-order valence-corrected chi connectivity index (χ2v) is 1.86. The number of hydrogen-bond donors (Lipinski definition) is 0. The van der Waals surface area contributed by atoms with Crippen molar-refractivity contribution in [2.45, 2.75) is 26.4 Å². The Hall–Kier alpha value is -1.24. The first-order valence-corrected chi connectivity index (χ1v) is 3.47. The molecule has 0 N–H and O–H groups in total. The number of hydrogen-bond acceptors (Lipinski definition) is 4. The lowest BCUT2D eigenvalue weighted by Gasteiger charge is -2.08. The minimum Gasteiger partial charge on any atom is -0.463 e. The van der Waals surface area contributed by atoms with E-state index in [1.807, 2.05) is 0 Å². The lowest BCUT2D eigenvalue weighted by atomic mass is 10.3. The first kappa shape index (κ1) is 9.76. The van der Waals surface area contributed by atoms with Gasteiger partial charge in [-0.05, 0) is 13.3 Å². The van der Waals surface area contributed by atoms with Crippen molar-refractivity contribution in [2.24, 2.45) is 0 Å². The molecule has 0 aliphatic heterocycles. The van der Waals surface area contributed by atoms with Gasteiger partial charge < -0.3 is 9.47 Å². The summed E-state index contributed by atoms with van der Waals surface area (Å²) in [5.74, 6) is -0.475. The molecule has 0 rings (SSSR count). The molecule has 0 saturated carbocycles. The average molecular weight is 157 g/mol. The second kappa shape index (κ2) is 5.54. The summed E-state index contributed by atoms with van der Waals surface area (Å²) in [6.45, 7) is 3.76. The van der Waals surface area contributed by atoms with Crippen LogP contribution in [-0.4, -0.2) is 18.7 Å². The summed E-state index contributed by atoms with van der Waals surface area (Å²) >= 11 is 0. The standard InChI is InChI=1S/C7H11NO3/c1-3-6(11-5-8)7(9)10-4-2/h6H,3-4H2,1-2H3. The fourth-order valence-corrected chi connectivity index (χ4v) is 0.597. The third-order valence-electron chi connectivity index (χ3n) is 1.12. The van der Waals surface area contributed by atoms with Gasteiger partial charge in [0.15, 0.2) is 0 Å². The molecule has 0 fully saturated rings. The lowest BCUT2D eigenvalue weighted by molar-refractivity contribution is -0.152. The Labute approximate surface area is 65.7 Å². The molecule has 0 aliphatic rings. The molecule has 0 aromatic heterocycles. The van der Waals surface area contributed by atoms with E-state index >= 15 is 0 Å². The van der Waals surface area contributed by atoms with Crippen LogP contribution in [0, 0.1) is 11.5 Å². The molecule has 0 spiro atoms. The topological polar surface area (TPSA) is 59.3 Å². The van der Waals surface area contributed by atoms with Crippen LogP contribution >= 0.6 is 0 Å². The summed E-state index contributed by atoms with van der Waals surface area (Å²) in [7, 11) is 0. The number of carbonyl (C=O) groups is 1. The van der Waals surface area contributed by atoms with Gasteiger partial charge in [-0.2, -0.15) is 5.26 Å². The van der Waals surface area contributed by atoms with E-state index in [0.29, 0.717) is 13.0 Å². The predicted octanol–water partition coefficient (Wildman–Crippen LogP) is 0.826. The zero-order valence-corrected chi connectivity index (χ0v) is 6.66. The Morgan fingerprint density at radius 3 is 2.64 bits per heavy atom. The predicted molar refractivity (Wildman–Crippen MR) is 37.4 cm³/mol. The van der Waals surface area contributed by atoms with Crippen molar-refractivity contribution in [1.82, 2.24) is 0 Å². The van der Waals surface area contributed by atoms with Gasteiger partial charge >= 0.3 is 5.97 Å². The monoisotopic (exact) mass is 157 g/mol. The molecule has 0 aromatic carbocycles. The molecule has 0 bridgehead atoms. The third-order valence-corrected chi connectivity index (χ3v) is 1.12. The molecule has 0 aromatic rings. The summed E-state index contributed by atoms with van der Waals surface area (Å²) < 4.78 is 9.07. The van der Waals surface area contributed by atoms with Gasteiger partial charge in [0.2, 0.25) is 6.10 Å². The van der Waals surface area contributed by atoms with Crippen LogP contribution < -0.4 is 0 Å². The maximum absolute atomic E-state index is 10.9. The summed E-state index contributed by atoms with van der Waals surface area (Å²) in [5, 5.41) is 8.10. The van der Waals surface area contributed by atoms with Crippen LogP contribution in [0.2, 0.25) is 0 Å². The van der Waals surface area contributed by atoms with Crippen LogP contribution in [0.1, 0.15) is 20.3 Å². The molecule has 11 heavy (non-hydrogen) atoms. The Balaban J connectivity index is 3.83. The number of ether oxygens (including phenoxy) is 2. The highest BCUT2D eigenvalue weighted by molar-refractivity contribution is 5.74. The maximum Gasteiger partial charge on any atom is 0.348 e. The number of esters is 1. The summed E-state index contributed by atoms with van der Waals surface area (Å²) in [6.07, 6.45) is 1.17. The van der Waals surface area contributed by atoms with Crippen LogP contribution in [0.15, 0.2) is 0 Å². The molecule has 0 radical (unpaired) electrons. The van der Waals surface area contributed by atoms with E-state index in [4.69, 9.17) is 5.26 Å². The van der Waals surface area contributed by atoms with Gasteiger partial charge in [-0.15, -0.1) is 0 Å². The highest BCUT2D eigenvalue weighted by atomic mass is 16.6. The van der Waals surface area contributed by atoms with Gasteiger partial charge in [0.1, 0.15) is 0 Å². The first-order chi connectivity index (χ1) is 5.26. The molecular weight excluding hydrogens is 146 g/mol. The van der Waals surface area contributed by atoms with Crippen molar-refractivity contribution >= 4 is 5.97 Å². The van der Waals surface area contributed by atoms with E-state index in [2.05, 4.69) is 9.47 Å². The molecule has 1 unspecified atom stereocenters. The van der Waals surface area contributed by atoms with Crippen molar-refractivity contribution < 1.29 is 14.3 Å². The van der Waals surface area contributed by atoms with E-state index in [0.717, 1.165) is 0 Å². The highest BCUT2D eigenvalue weighted by Crippen LogP contribution is 1.99. The lowest BCUT2D eigenvalue weighted by Crippen LogP contribution is -2.24. The first-order valence-electron chi connectivity index (χ1n) is 3.47. The quantitative estimate of drug-likeness (QED) is 0.448. The molecule has 0 aliphatic carbocycles. The van der Waals surface area contributed by atoms with Gasteiger partial charge in [0.05, 0.1) is 6.61 Å². The fourth-order valence-electron chi connectivity index (χ4n) is 0.597. The second-order valence-electron chi connectivity index (χ2n) is 1.86. The van der Waals surface area contributed by atoms with Crippen molar-refractivity contribution in [3.8, 4) is 6.26 Å². The van der Waals surface area contributed by atoms with E-state index in [-0.39, 0.29) is 0 Å². The molecule has 0 saturated heterocycles. The maximum atomic E-state index is 10.9. The van der Waals surface area contributed by atoms with Crippen LogP contribution in [0.25, 0.3) is 0 Å². The molecule has 0 heterocycles. The van der Waals surface area contributed by atoms with E-state index in [1.54, 1.807) is 13.8 Å². The van der Waals surface area contributed by atoms with E-state index < -0.39 is 12.1 Å². The van der Waals surface area contributed by atoms with Crippen LogP contribution in [0.4, 0.5) is 0 Å². The Bertz CT molecular complexity index is 162.